The molecule has 0 aliphatic heterocycles. The number of nitrogens with one attached hydrogen (secondary N) is 1. The fraction of sp³-hybridized carbons (Fsp3) is 0.500. The van der Waals surface area contributed by atoms with Gasteiger partial charge in [0, 0.05) is 0 Å². The summed E-state index contributed by atoms with van der Waals surface area (Å²) in [6, 6.07) is 6.20. The van der Waals surface area contributed by atoms with Crippen LogP contribution in [0.25, 0.3) is 0 Å². The summed E-state index contributed by atoms with van der Waals surface area (Å²) in [5.41, 5.74) is 2.35. The van der Waals surface area contributed by atoms with E-state index in [1.54, 1.807) is 0 Å². The Morgan fingerprint density at radius 1 is 1.44 bits per heavy atom. The second-order valence-corrected chi connectivity index (χ2v) is 4.80. The summed E-state index contributed by atoms with van der Waals surface area (Å²) in [6.45, 7) is 7.22. The lowest BCUT2D eigenvalue weighted by molar-refractivity contribution is -0.118. The Bertz CT molecular complexity index is 405. The van der Waals surface area contributed by atoms with Crippen molar-refractivity contribution in [3.05, 3.63) is 29.3 Å². The molecule has 0 spiro atoms. The Labute approximate surface area is 113 Å². The molecule has 0 aliphatic carbocycles. The average molecular weight is 270 g/mol. The van der Waals surface area contributed by atoms with Gasteiger partial charge in [0.25, 0.3) is 0 Å². The molecule has 3 nitrogen and oxygen atoms in total. The van der Waals surface area contributed by atoms with Crippen molar-refractivity contribution >= 4 is 17.5 Å². The SMILES string of the molecule is Cc1ccc(C(C)C)c(OCCNC(=O)CCl)c1. The number of alkyl halides is 1. The Balaban J connectivity index is 2.55. The molecule has 1 aromatic rings. The van der Waals surface area contributed by atoms with Gasteiger partial charge in [0.1, 0.15) is 18.2 Å². The lowest BCUT2D eigenvalue weighted by Crippen LogP contribution is -2.29. The van der Waals surface area contributed by atoms with Gasteiger partial charge in [0.05, 0.1) is 6.54 Å². The van der Waals surface area contributed by atoms with E-state index < -0.39 is 0 Å². The van der Waals surface area contributed by atoms with Crippen molar-refractivity contribution in [3.8, 4) is 5.75 Å². The molecule has 1 rings (SSSR count). The van der Waals surface area contributed by atoms with Crippen molar-refractivity contribution in [1.29, 1.82) is 0 Å². The predicted molar refractivity (Wildman–Crippen MR) is 74.5 cm³/mol. The van der Waals surface area contributed by atoms with Gasteiger partial charge in [-0.25, -0.2) is 0 Å². The summed E-state index contributed by atoms with van der Waals surface area (Å²) in [6.07, 6.45) is 0. The number of rotatable bonds is 6. The number of carbonyl (C=O) groups is 1. The number of hydrogen-bond acceptors (Lipinski definition) is 2. The van der Waals surface area contributed by atoms with E-state index in [2.05, 4.69) is 31.3 Å². The molecule has 0 atom stereocenters. The molecular weight excluding hydrogens is 250 g/mol. The van der Waals surface area contributed by atoms with Crippen LogP contribution < -0.4 is 10.1 Å². The van der Waals surface area contributed by atoms with Crippen LogP contribution in [0, 0.1) is 6.92 Å². The van der Waals surface area contributed by atoms with Crippen LogP contribution >= 0.6 is 11.6 Å². The van der Waals surface area contributed by atoms with Crippen LogP contribution in [0.15, 0.2) is 18.2 Å². The summed E-state index contributed by atoms with van der Waals surface area (Å²) >= 11 is 5.38. The fourth-order valence-corrected chi connectivity index (χ4v) is 1.74. The highest BCUT2D eigenvalue weighted by Gasteiger charge is 2.08. The minimum atomic E-state index is -0.173. The number of carbonyl (C=O) groups excluding carboxylic acids is 1. The normalized spacial score (nSPS) is 10.5. The monoisotopic (exact) mass is 269 g/mol. The van der Waals surface area contributed by atoms with Gasteiger partial charge in [-0.2, -0.15) is 0 Å². The molecule has 0 aromatic heterocycles. The number of amides is 1. The number of benzene rings is 1. The molecular formula is C14H20ClNO2. The van der Waals surface area contributed by atoms with Crippen molar-refractivity contribution in [1.82, 2.24) is 5.32 Å². The van der Waals surface area contributed by atoms with Crippen molar-refractivity contribution in [2.75, 3.05) is 19.0 Å². The van der Waals surface area contributed by atoms with Gasteiger partial charge in [0.2, 0.25) is 5.91 Å². The van der Waals surface area contributed by atoms with Gasteiger partial charge in [-0.1, -0.05) is 26.0 Å². The molecule has 0 aliphatic rings. The first kappa shape index (κ1) is 14.8. The zero-order chi connectivity index (χ0) is 13.5. The third-order valence-corrected chi connectivity index (χ3v) is 2.84. The topological polar surface area (TPSA) is 38.3 Å². The first-order chi connectivity index (χ1) is 8.54. The molecule has 18 heavy (non-hydrogen) atoms. The molecule has 0 unspecified atom stereocenters. The third kappa shape index (κ3) is 4.57. The fourth-order valence-electron chi connectivity index (χ4n) is 1.64. The molecule has 1 amide bonds. The highest BCUT2D eigenvalue weighted by atomic mass is 35.5. The van der Waals surface area contributed by atoms with Crippen molar-refractivity contribution in [2.24, 2.45) is 0 Å². The standard InChI is InChI=1S/C14H20ClNO2/c1-10(2)12-5-4-11(3)8-13(12)18-7-6-16-14(17)9-15/h4-5,8,10H,6-7,9H2,1-3H3,(H,16,17). The van der Waals surface area contributed by atoms with E-state index in [0.29, 0.717) is 19.1 Å². The van der Waals surface area contributed by atoms with Crippen LogP contribution in [0.5, 0.6) is 5.75 Å². The van der Waals surface area contributed by atoms with Gasteiger partial charge in [0.15, 0.2) is 0 Å². The highest BCUT2D eigenvalue weighted by Crippen LogP contribution is 2.27. The summed E-state index contributed by atoms with van der Waals surface area (Å²) in [7, 11) is 0. The van der Waals surface area contributed by atoms with Gasteiger partial charge >= 0.3 is 0 Å². The third-order valence-electron chi connectivity index (χ3n) is 2.59. The van der Waals surface area contributed by atoms with E-state index >= 15 is 0 Å². The van der Waals surface area contributed by atoms with E-state index in [4.69, 9.17) is 16.3 Å². The number of halogens is 1. The maximum absolute atomic E-state index is 11.0. The zero-order valence-electron chi connectivity index (χ0n) is 11.1. The molecule has 0 saturated carbocycles. The van der Waals surface area contributed by atoms with Gasteiger partial charge in [-0.3, -0.25) is 4.79 Å². The van der Waals surface area contributed by atoms with Crippen molar-refractivity contribution < 1.29 is 9.53 Å². The van der Waals surface area contributed by atoms with Gasteiger partial charge in [-0.15, -0.1) is 11.6 Å². The molecule has 4 heteroatoms. The second-order valence-electron chi connectivity index (χ2n) is 4.53. The lowest BCUT2D eigenvalue weighted by atomic mass is 10.0. The molecule has 0 saturated heterocycles. The summed E-state index contributed by atoms with van der Waals surface area (Å²) in [4.78, 5) is 11.0. The van der Waals surface area contributed by atoms with E-state index in [-0.39, 0.29) is 11.8 Å². The largest absolute Gasteiger partial charge is 0.491 e. The van der Waals surface area contributed by atoms with E-state index in [0.717, 1.165) is 5.75 Å². The summed E-state index contributed by atoms with van der Waals surface area (Å²) in [5.74, 6) is 1.12. The van der Waals surface area contributed by atoms with Crippen LogP contribution in [0.2, 0.25) is 0 Å². The Hall–Kier alpha value is -1.22. The van der Waals surface area contributed by atoms with E-state index in [1.807, 2.05) is 13.0 Å². The van der Waals surface area contributed by atoms with Crippen LogP contribution in [0.1, 0.15) is 30.9 Å². The number of ether oxygens (including phenoxy) is 1. The van der Waals surface area contributed by atoms with Gasteiger partial charge in [-0.05, 0) is 30.0 Å². The number of aryl methyl sites for hydroxylation is 1. The maximum Gasteiger partial charge on any atom is 0.235 e. The Morgan fingerprint density at radius 3 is 2.78 bits per heavy atom. The molecule has 100 valence electrons. The molecule has 0 radical (unpaired) electrons. The smallest absolute Gasteiger partial charge is 0.235 e. The first-order valence-electron chi connectivity index (χ1n) is 6.10. The average Bonchev–Trinajstić information content (AvgIpc) is 2.34. The van der Waals surface area contributed by atoms with Crippen LogP contribution in [0.3, 0.4) is 0 Å². The summed E-state index contributed by atoms with van der Waals surface area (Å²) in [5, 5.41) is 2.67. The lowest BCUT2D eigenvalue weighted by Gasteiger charge is -2.15. The van der Waals surface area contributed by atoms with Crippen LogP contribution in [0.4, 0.5) is 0 Å². The van der Waals surface area contributed by atoms with Crippen molar-refractivity contribution in [3.63, 3.8) is 0 Å². The second kappa shape index (κ2) is 7.27. The Kier molecular flexibility index (Phi) is 5.99. The maximum atomic E-state index is 11.0. The van der Waals surface area contributed by atoms with Gasteiger partial charge < -0.3 is 10.1 Å². The zero-order valence-corrected chi connectivity index (χ0v) is 11.9. The molecule has 0 fully saturated rings. The number of hydrogen-bond donors (Lipinski definition) is 1. The Morgan fingerprint density at radius 2 is 2.17 bits per heavy atom. The summed E-state index contributed by atoms with van der Waals surface area (Å²) < 4.78 is 5.72. The molecule has 1 N–H and O–H groups in total. The minimum absolute atomic E-state index is 0.0122. The van der Waals surface area contributed by atoms with E-state index in [1.165, 1.54) is 11.1 Å². The van der Waals surface area contributed by atoms with E-state index in [9.17, 15) is 4.79 Å². The molecule has 0 bridgehead atoms. The molecule has 1 aromatic carbocycles. The highest BCUT2D eigenvalue weighted by molar-refractivity contribution is 6.27. The van der Waals surface area contributed by atoms with Crippen LogP contribution in [-0.2, 0) is 4.79 Å². The van der Waals surface area contributed by atoms with Crippen molar-refractivity contribution in [2.45, 2.75) is 26.7 Å². The predicted octanol–water partition coefficient (Wildman–Crippen LogP) is 2.85. The molecule has 0 heterocycles. The van der Waals surface area contributed by atoms with Crippen LogP contribution in [-0.4, -0.2) is 24.9 Å². The quantitative estimate of drug-likeness (QED) is 0.637. The first-order valence-corrected chi connectivity index (χ1v) is 6.64. The minimum Gasteiger partial charge on any atom is -0.491 e.